The first-order valence-electron chi connectivity index (χ1n) is 15.0. The van der Waals surface area contributed by atoms with Gasteiger partial charge in [0.05, 0.1) is 5.25 Å². The summed E-state index contributed by atoms with van der Waals surface area (Å²) >= 11 is 0. The molecule has 0 spiro atoms. The molecule has 0 aromatic heterocycles. The Kier molecular flexibility index (Phi) is 10.4. The molecular weight excluding hydrogens is 562 g/mol. The summed E-state index contributed by atoms with van der Waals surface area (Å²) in [5.74, 6) is -2.47. The number of carboxylic acids is 1. The number of hydrogen-bond donors (Lipinski definition) is 4. The molecule has 3 fully saturated rings. The molecule has 3 rings (SSSR count). The molecule has 3 aliphatic rings. The van der Waals surface area contributed by atoms with Crippen molar-refractivity contribution in [3.8, 4) is 0 Å². The molecular formula is C29H49N5O7S. The average Bonchev–Trinajstić information content (AvgIpc) is 3.25. The average molecular weight is 612 g/mol. The van der Waals surface area contributed by atoms with Gasteiger partial charge in [0.2, 0.25) is 21.8 Å². The number of amides is 4. The molecule has 0 aromatic carbocycles. The van der Waals surface area contributed by atoms with Crippen LogP contribution < -0.4 is 16.0 Å². The molecule has 4 N–H and O–H groups in total. The Hall–Kier alpha value is -2.67. The first-order chi connectivity index (χ1) is 19.5. The maximum atomic E-state index is 14.0. The third kappa shape index (κ3) is 7.27. The van der Waals surface area contributed by atoms with E-state index in [2.05, 4.69) is 22.5 Å². The molecule has 238 valence electrons. The van der Waals surface area contributed by atoms with E-state index in [1.807, 2.05) is 20.8 Å². The van der Waals surface area contributed by atoms with Gasteiger partial charge in [-0.2, -0.15) is 0 Å². The van der Waals surface area contributed by atoms with Crippen LogP contribution in [0.5, 0.6) is 0 Å². The summed E-state index contributed by atoms with van der Waals surface area (Å²) < 4.78 is 26.6. The van der Waals surface area contributed by atoms with Gasteiger partial charge in [-0.3, -0.25) is 9.59 Å². The summed E-state index contributed by atoms with van der Waals surface area (Å²) in [6, 6.07) is -2.82. The standard InChI is InChI=1S/C29H49N5O7S/c1-8-20-16-29(20,26(37)38)32-24(35)21-14-11-15-34(21)25(36)23(19-12-9-10-13-19)31-27(39)30-22(28(4,5)6)17-33(7)42(40,41)18(2)3/h8,18-23H,1,9-17H2,2-7H3,(H,32,35)(H,37,38)(H2,30,31,39)/t20?,21-,22?,23-,29+/m0/s1. The number of nitrogens with zero attached hydrogens (tertiary/aromatic N) is 2. The van der Waals surface area contributed by atoms with Gasteiger partial charge >= 0.3 is 12.0 Å². The van der Waals surface area contributed by atoms with Crippen LogP contribution in [0.4, 0.5) is 4.79 Å². The SMILES string of the molecule is C=CC1C[C@]1(NC(=O)[C@@H]1CCCN1C(=O)[C@@H](NC(=O)NC(CN(C)S(=O)(=O)C(C)C)C(C)(C)C)C1CCCC1)C(=O)O. The van der Waals surface area contributed by atoms with Crippen molar-refractivity contribution < 1.29 is 32.7 Å². The van der Waals surface area contributed by atoms with Crippen molar-refractivity contribution >= 4 is 33.8 Å². The van der Waals surface area contributed by atoms with E-state index in [-0.39, 0.29) is 30.7 Å². The molecule has 4 amide bonds. The normalized spacial score (nSPS) is 26.1. The maximum absolute atomic E-state index is 14.0. The van der Waals surface area contributed by atoms with Crippen molar-refractivity contribution in [1.29, 1.82) is 0 Å². The number of sulfonamides is 1. The summed E-state index contributed by atoms with van der Waals surface area (Å²) in [7, 11) is -2.05. The molecule has 13 heteroatoms. The van der Waals surface area contributed by atoms with Crippen LogP contribution in [0.2, 0.25) is 0 Å². The Labute approximate surface area is 250 Å². The van der Waals surface area contributed by atoms with Gasteiger partial charge in [0.25, 0.3) is 0 Å². The minimum absolute atomic E-state index is 0.0604. The monoisotopic (exact) mass is 611 g/mol. The van der Waals surface area contributed by atoms with Gasteiger partial charge in [0.15, 0.2) is 0 Å². The number of carbonyl (C=O) groups is 4. The van der Waals surface area contributed by atoms with Crippen LogP contribution in [0, 0.1) is 17.3 Å². The topological polar surface area (TPSA) is 165 Å². The molecule has 42 heavy (non-hydrogen) atoms. The number of likely N-dealkylation sites (N-methyl/N-ethyl adjacent to an activating group) is 1. The first-order valence-corrected chi connectivity index (χ1v) is 16.5. The van der Waals surface area contributed by atoms with Crippen molar-refractivity contribution in [3.63, 3.8) is 0 Å². The fourth-order valence-electron chi connectivity index (χ4n) is 6.07. The highest BCUT2D eigenvalue weighted by molar-refractivity contribution is 7.89. The Morgan fingerprint density at radius 3 is 2.21 bits per heavy atom. The molecule has 1 saturated heterocycles. The van der Waals surface area contributed by atoms with Crippen LogP contribution in [0.1, 0.15) is 79.6 Å². The Morgan fingerprint density at radius 2 is 1.71 bits per heavy atom. The quantitative estimate of drug-likeness (QED) is 0.245. The van der Waals surface area contributed by atoms with Crippen molar-refractivity contribution in [2.24, 2.45) is 17.3 Å². The number of carboxylic acid groups (broad SMARTS) is 1. The minimum atomic E-state index is -3.54. The van der Waals surface area contributed by atoms with Gasteiger partial charge in [-0.25, -0.2) is 22.3 Å². The van der Waals surface area contributed by atoms with E-state index in [1.54, 1.807) is 13.8 Å². The molecule has 1 aliphatic heterocycles. The van der Waals surface area contributed by atoms with Gasteiger partial charge < -0.3 is 26.0 Å². The summed E-state index contributed by atoms with van der Waals surface area (Å²) in [4.78, 5) is 54.0. The van der Waals surface area contributed by atoms with Gasteiger partial charge in [-0.1, -0.05) is 39.7 Å². The second-order valence-corrected chi connectivity index (χ2v) is 16.0. The van der Waals surface area contributed by atoms with Crippen molar-refractivity contribution in [1.82, 2.24) is 25.2 Å². The van der Waals surface area contributed by atoms with Gasteiger partial charge in [0.1, 0.15) is 17.6 Å². The molecule has 0 bridgehead atoms. The van der Waals surface area contributed by atoms with E-state index in [0.29, 0.717) is 19.4 Å². The highest BCUT2D eigenvalue weighted by Gasteiger charge is 2.61. The molecule has 5 atom stereocenters. The minimum Gasteiger partial charge on any atom is -0.479 e. The molecule has 1 heterocycles. The molecule has 12 nitrogen and oxygen atoms in total. The second-order valence-electron chi connectivity index (χ2n) is 13.4. The number of rotatable bonds is 12. The predicted molar refractivity (Wildman–Crippen MR) is 159 cm³/mol. The largest absolute Gasteiger partial charge is 0.479 e. The molecule has 2 saturated carbocycles. The third-order valence-corrected chi connectivity index (χ3v) is 11.3. The lowest BCUT2D eigenvalue weighted by molar-refractivity contribution is -0.145. The van der Waals surface area contributed by atoms with Crippen LogP contribution in [0.15, 0.2) is 12.7 Å². The smallest absolute Gasteiger partial charge is 0.330 e. The number of nitrogens with one attached hydrogen (secondary N) is 3. The van der Waals surface area contributed by atoms with E-state index >= 15 is 0 Å². The second kappa shape index (κ2) is 12.9. The number of hydrogen-bond acceptors (Lipinski definition) is 6. The van der Waals surface area contributed by atoms with Gasteiger partial charge in [-0.15, -0.1) is 6.58 Å². The Balaban J connectivity index is 1.76. The first kappa shape index (κ1) is 33.8. The molecule has 2 unspecified atom stereocenters. The molecule has 2 aliphatic carbocycles. The van der Waals surface area contributed by atoms with Crippen LogP contribution >= 0.6 is 0 Å². The number of urea groups is 1. The Bertz CT molecular complexity index is 1160. The van der Waals surface area contributed by atoms with Crippen molar-refractivity contribution in [2.75, 3.05) is 20.1 Å². The van der Waals surface area contributed by atoms with E-state index in [0.717, 1.165) is 25.7 Å². The summed E-state index contributed by atoms with van der Waals surface area (Å²) in [6.45, 7) is 13.0. The molecule has 0 radical (unpaired) electrons. The van der Waals surface area contributed by atoms with E-state index in [1.165, 1.54) is 22.3 Å². The lowest BCUT2D eigenvalue weighted by Gasteiger charge is -2.36. The maximum Gasteiger partial charge on any atom is 0.330 e. The fraction of sp³-hybridized carbons (Fsp3) is 0.793. The van der Waals surface area contributed by atoms with E-state index < -0.39 is 62.3 Å². The zero-order valence-electron chi connectivity index (χ0n) is 25.8. The zero-order valence-corrected chi connectivity index (χ0v) is 26.6. The summed E-state index contributed by atoms with van der Waals surface area (Å²) in [5.41, 5.74) is -1.88. The number of aliphatic carboxylic acids is 1. The van der Waals surface area contributed by atoms with Crippen LogP contribution in [0.25, 0.3) is 0 Å². The lowest BCUT2D eigenvalue weighted by Crippen LogP contribution is -2.60. The van der Waals surface area contributed by atoms with Crippen LogP contribution in [0.3, 0.4) is 0 Å². The van der Waals surface area contributed by atoms with Gasteiger partial charge in [0, 0.05) is 32.1 Å². The summed E-state index contributed by atoms with van der Waals surface area (Å²) in [6.07, 6.45) is 6.12. The predicted octanol–water partition coefficient (Wildman–Crippen LogP) is 2.07. The van der Waals surface area contributed by atoms with Crippen LogP contribution in [-0.4, -0.2) is 95.6 Å². The lowest BCUT2D eigenvalue weighted by atomic mass is 9.86. The zero-order chi connectivity index (χ0) is 31.6. The number of likely N-dealkylation sites (tertiary alicyclic amines) is 1. The van der Waals surface area contributed by atoms with Crippen molar-refractivity contribution in [3.05, 3.63) is 12.7 Å². The highest BCUT2D eigenvalue weighted by atomic mass is 32.2. The third-order valence-electron chi connectivity index (χ3n) is 9.11. The number of carbonyl (C=O) groups excluding carboxylic acids is 3. The van der Waals surface area contributed by atoms with E-state index in [4.69, 9.17) is 0 Å². The highest BCUT2D eigenvalue weighted by Crippen LogP contribution is 2.45. The van der Waals surface area contributed by atoms with Gasteiger partial charge in [-0.05, 0) is 57.3 Å². The summed E-state index contributed by atoms with van der Waals surface area (Å²) in [5, 5.41) is 17.6. The van der Waals surface area contributed by atoms with E-state index in [9.17, 15) is 32.7 Å². The molecule has 0 aromatic rings. The van der Waals surface area contributed by atoms with Crippen molar-refractivity contribution in [2.45, 2.75) is 108 Å². The van der Waals surface area contributed by atoms with Crippen LogP contribution in [-0.2, 0) is 24.4 Å². The Morgan fingerprint density at radius 1 is 1.10 bits per heavy atom. The fourth-order valence-corrected chi connectivity index (χ4v) is 7.15.